The predicted molar refractivity (Wildman–Crippen MR) is 131 cm³/mol. The molecule has 0 unspecified atom stereocenters. The number of hydrogen-bond donors (Lipinski definition) is 4. The Labute approximate surface area is 206 Å². The van der Waals surface area contributed by atoms with Crippen LogP contribution in [0.4, 0.5) is 4.79 Å². The number of carbonyl (C=O) groups is 3. The fourth-order valence-electron chi connectivity index (χ4n) is 3.44. The molecule has 0 radical (unpaired) electrons. The first-order valence-electron chi connectivity index (χ1n) is 12.1. The highest BCUT2D eigenvalue weighted by Gasteiger charge is 2.31. The largest absolute Gasteiger partial charge is 0.444 e. The fourth-order valence-corrected chi connectivity index (χ4v) is 3.44. The maximum atomic E-state index is 12.9. The third-order valence-corrected chi connectivity index (χ3v) is 5.31. The molecule has 0 aliphatic carbocycles. The molecule has 1 atom stereocenters. The molecule has 0 bridgehead atoms. The number of hydrazine groups is 1. The van der Waals surface area contributed by atoms with E-state index < -0.39 is 22.8 Å². The summed E-state index contributed by atoms with van der Waals surface area (Å²) in [6, 6.07) is -0.765. The Kier molecular flexibility index (Phi) is 12.2. The van der Waals surface area contributed by atoms with E-state index in [4.69, 9.17) is 10.5 Å². The van der Waals surface area contributed by atoms with Crippen LogP contribution < -0.4 is 21.8 Å². The zero-order valence-electron chi connectivity index (χ0n) is 21.5. The average molecular weight is 500 g/mol. The van der Waals surface area contributed by atoms with Gasteiger partial charge in [0.2, 0.25) is 11.8 Å². The van der Waals surface area contributed by atoms with E-state index in [0.29, 0.717) is 51.2 Å². The standard InChI is InChI=1S/C22H41N7O6/c1-15(2)8-12-24-19(31)17(7-6-11-25-20(23)27-29(33)34)26-18(30)16-9-13-28(14-10-16)21(32)35-22(3,4)5/h15-17H,6-14H2,1-5H3,(H,24,31)(H,26,30)(H3,23,25,27)/t17-/m0/s1. The lowest BCUT2D eigenvalue weighted by Gasteiger charge is -2.33. The summed E-state index contributed by atoms with van der Waals surface area (Å²) in [6.07, 6.45) is 2.04. The molecule has 13 heteroatoms. The smallest absolute Gasteiger partial charge is 0.410 e. The number of likely N-dealkylation sites (tertiary alicyclic amines) is 1. The summed E-state index contributed by atoms with van der Waals surface area (Å²) in [4.78, 5) is 53.7. The van der Waals surface area contributed by atoms with E-state index in [0.717, 1.165) is 6.42 Å². The van der Waals surface area contributed by atoms with E-state index in [-0.39, 0.29) is 30.2 Å². The van der Waals surface area contributed by atoms with E-state index >= 15 is 0 Å². The molecular formula is C22H41N7O6. The van der Waals surface area contributed by atoms with Gasteiger partial charge in [0.15, 0.2) is 5.03 Å². The van der Waals surface area contributed by atoms with Gasteiger partial charge in [-0.1, -0.05) is 19.3 Å². The summed E-state index contributed by atoms with van der Waals surface area (Å²) in [5, 5.41) is 15.3. The van der Waals surface area contributed by atoms with Crippen LogP contribution in [0.5, 0.6) is 0 Å². The molecule has 200 valence electrons. The molecule has 13 nitrogen and oxygen atoms in total. The van der Waals surface area contributed by atoms with Crippen molar-refractivity contribution in [1.82, 2.24) is 21.0 Å². The van der Waals surface area contributed by atoms with Crippen molar-refractivity contribution >= 4 is 23.9 Å². The zero-order valence-corrected chi connectivity index (χ0v) is 21.5. The van der Waals surface area contributed by atoms with E-state index in [1.54, 1.807) is 31.1 Å². The lowest BCUT2D eigenvalue weighted by Crippen LogP contribution is -2.51. The summed E-state index contributed by atoms with van der Waals surface area (Å²) >= 11 is 0. The van der Waals surface area contributed by atoms with Crippen LogP contribution in [-0.4, -0.2) is 71.6 Å². The van der Waals surface area contributed by atoms with Gasteiger partial charge < -0.3 is 26.0 Å². The van der Waals surface area contributed by atoms with E-state index in [9.17, 15) is 24.5 Å². The van der Waals surface area contributed by atoms with Gasteiger partial charge in [-0.3, -0.25) is 9.59 Å². The molecule has 0 aromatic rings. The van der Waals surface area contributed by atoms with Gasteiger partial charge >= 0.3 is 6.09 Å². The van der Waals surface area contributed by atoms with Crippen LogP contribution >= 0.6 is 0 Å². The predicted octanol–water partition coefficient (Wildman–Crippen LogP) is 1.16. The molecule has 1 heterocycles. The summed E-state index contributed by atoms with van der Waals surface area (Å²) < 4.78 is 5.39. The molecule has 1 aliphatic heterocycles. The van der Waals surface area contributed by atoms with Gasteiger partial charge in [0.05, 0.1) is 0 Å². The average Bonchev–Trinajstić information content (AvgIpc) is 2.73. The topological polar surface area (TPSA) is 181 Å². The van der Waals surface area contributed by atoms with Gasteiger partial charge in [-0.15, -0.1) is 0 Å². The van der Waals surface area contributed by atoms with Gasteiger partial charge in [0, 0.05) is 32.1 Å². The van der Waals surface area contributed by atoms with Gasteiger partial charge in [-0.25, -0.2) is 19.9 Å². The fraction of sp³-hybridized carbons (Fsp3) is 0.818. The van der Waals surface area contributed by atoms with Crippen molar-refractivity contribution < 1.29 is 24.2 Å². The minimum atomic E-state index is -0.807. The van der Waals surface area contributed by atoms with Gasteiger partial charge in [-0.2, -0.15) is 0 Å². The molecule has 35 heavy (non-hydrogen) atoms. The molecule has 0 aromatic carbocycles. The number of guanidine groups is 1. The van der Waals surface area contributed by atoms with Crippen molar-refractivity contribution in [1.29, 1.82) is 0 Å². The second-order valence-electron chi connectivity index (χ2n) is 10.1. The first-order chi connectivity index (χ1) is 16.3. The molecule has 0 aromatic heterocycles. The highest BCUT2D eigenvalue weighted by Crippen LogP contribution is 2.20. The normalized spacial score (nSPS) is 15.9. The van der Waals surface area contributed by atoms with Crippen LogP contribution in [0, 0.1) is 22.0 Å². The molecule has 0 spiro atoms. The van der Waals surface area contributed by atoms with Crippen molar-refractivity contribution in [2.75, 3.05) is 26.2 Å². The summed E-state index contributed by atoms with van der Waals surface area (Å²) in [5.41, 5.74) is 6.57. The van der Waals surface area contributed by atoms with Crippen molar-refractivity contribution in [3.8, 4) is 0 Å². The first-order valence-corrected chi connectivity index (χ1v) is 12.1. The van der Waals surface area contributed by atoms with Crippen molar-refractivity contribution in [2.45, 2.75) is 78.4 Å². The Balaban J connectivity index is 2.65. The second-order valence-corrected chi connectivity index (χ2v) is 10.1. The minimum absolute atomic E-state index is 0.159. The van der Waals surface area contributed by atoms with Crippen LogP contribution in [-0.2, 0) is 14.3 Å². The quantitative estimate of drug-likeness (QED) is 0.107. The van der Waals surface area contributed by atoms with Crippen LogP contribution in [0.15, 0.2) is 4.99 Å². The number of nitrogens with zero attached hydrogens (tertiary/aromatic N) is 3. The number of amides is 3. The monoisotopic (exact) mass is 499 g/mol. The summed E-state index contributed by atoms with van der Waals surface area (Å²) in [7, 11) is 0. The molecular weight excluding hydrogens is 458 g/mol. The van der Waals surface area contributed by atoms with E-state index in [1.807, 2.05) is 0 Å². The lowest BCUT2D eigenvalue weighted by atomic mass is 9.95. The number of carbonyl (C=O) groups excluding carboxylic acids is 3. The third kappa shape index (κ3) is 12.8. The number of aliphatic imine (C=N–C) groups is 1. The molecule has 1 saturated heterocycles. The molecule has 5 N–H and O–H groups in total. The van der Waals surface area contributed by atoms with Gasteiger partial charge in [-0.05, 0) is 58.8 Å². The van der Waals surface area contributed by atoms with Crippen LogP contribution in [0.25, 0.3) is 0 Å². The zero-order chi connectivity index (χ0) is 26.6. The Morgan fingerprint density at radius 2 is 1.83 bits per heavy atom. The molecule has 0 saturated carbocycles. The Hall–Kier alpha value is -3.12. The summed E-state index contributed by atoms with van der Waals surface area (Å²) in [5.74, 6) is -0.752. The number of hydrogen-bond acceptors (Lipinski definition) is 7. The SMILES string of the molecule is CC(C)CCNC(=O)[C@H](CCCN=C(N)N[N+](=O)[O-])NC(=O)C1CCN(C(=O)OC(C)(C)C)CC1. The minimum Gasteiger partial charge on any atom is -0.444 e. The first kappa shape index (κ1) is 29.9. The number of nitrogens with two attached hydrogens (primary N) is 1. The summed E-state index contributed by atoms with van der Waals surface area (Å²) in [6.45, 7) is 11.0. The number of nitrogens with one attached hydrogen (secondary N) is 3. The number of piperidine rings is 1. The Morgan fingerprint density at radius 1 is 1.20 bits per heavy atom. The number of ether oxygens (including phenoxy) is 1. The maximum absolute atomic E-state index is 12.9. The lowest BCUT2D eigenvalue weighted by molar-refractivity contribution is -0.525. The number of nitro groups is 1. The maximum Gasteiger partial charge on any atom is 0.410 e. The van der Waals surface area contributed by atoms with Crippen molar-refractivity contribution in [3.63, 3.8) is 0 Å². The molecule has 1 aliphatic rings. The van der Waals surface area contributed by atoms with Crippen LogP contribution in [0.3, 0.4) is 0 Å². The van der Waals surface area contributed by atoms with Crippen LogP contribution in [0.2, 0.25) is 0 Å². The molecule has 3 amide bonds. The van der Waals surface area contributed by atoms with E-state index in [2.05, 4.69) is 29.5 Å². The highest BCUT2D eigenvalue weighted by atomic mass is 16.7. The van der Waals surface area contributed by atoms with E-state index in [1.165, 1.54) is 0 Å². The van der Waals surface area contributed by atoms with Gasteiger partial charge in [0.25, 0.3) is 5.96 Å². The number of rotatable bonds is 11. The molecule has 1 rings (SSSR count). The van der Waals surface area contributed by atoms with Crippen molar-refractivity contribution in [3.05, 3.63) is 10.1 Å². The second kappa shape index (κ2) is 14.3. The highest BCUT2D eigenvalue weighted by molar-refractivity contribution is 5.88. The van der Waals surface area contributed by atoms with Gasteiger partial charge in [0.1, 0.15) is 11.6 Å². The van der Waals surface area contributed by atoms with Crippen molar-refractivity contribution in [2.24, 2.45) is 22.6 Å². The molecule has 1 fully saturated rings. The Morgan fingerprint density at radius 3 is 2.37 bits per heavy atom. The third-order valence-electron chi connectivity index (χ3n) is 5.31. The Bertz CT molecular complexity index is 758. The van der Waals surface area contributed by atoms with Crippen LogP contribution in [0.1, 0.15) is 66.7 Å².